The summed E-state index contributed by atoms with van der Waals surface area (Å²) in [7, 11) is 4.60. The number of carbonyl (C=O) groups excluding carboxylic acids is 3. The molecule has 9 heteroatoms. The highest BCUT2D eigenvalue weighted by molar-refractivity contribution is 6.18. The number of fused-ring (bicyclic) bond motifs is 1. The first kappa shape index (κ1) is 28.9. The van der Waals surface area contributed by atoms with Gasteiger partial charge in [0.25, 0.3) is 0 Å². The molecule has 4 atom stereocenters. The van der Waals surface area contributed by atoms with Crippen LogP contribution >= 0.6 is 0 Å². The molecule has 4 rings (SSSR count). The normalized spacial score (nSPS) is 22.1. The molecule has 1 saturated carbocycles. The van der Waals surface area contributed by atoms with Crippen molar-refractivity contribution in [2.24, 2.45) is 16.8 Å². The molecular formula is C31H35NO8. The maximum absolute atomic E-state index is 14.6. The lowest BCUT2D eigenvalue weighted by Gasteiger charge is -2.41. The van der Waals surface area contributed by atoms with E-state index in [0.29, 0.717) is 39.8 Å². The third-order valence-electron chi connectivity index (χ3n) is 7.50. The summed E-state index contributed by atoms with van der Waals surface area (Å²) >= 11 is 0. The van der Waals surface area contributed by atoms with Crippen molar-refractivity contribution in [3.63, 3.8) is 0 Å². The number of nitrogens with zero attached hydrogens (tertiary/aromatic N) is 1. The fourth-order valence-electron chi connectivity index (χ4n) is 5.84. The number of carbonyl (C=O) groups is 3. The zero-order valence-corrected chi connectivity index (χ0v) is 23.7. The van der Waals surface area contributed by atoms with E-state index in [9.17, 15) is 14.4 Å². The summed E-state index contributed by atoms with van der Waals surface area (Å²) in [5.41, 5.74) is 2.54. The second-order valence-electron chi connectivity index (χ2n) is 9.57. The van der Waals surface area contributed by atoms with E-state index in [2.05, 4.69) is 0 Å². The van der Waals surface area contributed by atoms with E-state index >= 15 is 0 Å². The first-order valence-electron chi connectivity index (χ1n) is 13.3. The smallest absolute Gasteiger partial charge is 0.336 e. The molecule has 40 heavy (non-hydrogen) atoms. The highest BCUT2D eigenvalue weighted by Crippen LogP contribution is 2.51. The summed E-state index contributed by atoms with van der Waals surface area (Å²) in [5.74, 6) is -3.48. The summed E-state index contributed by atoms with van der Waals surface area (Å²) in [6, 6.07) is 12.5. The van der Waals surface area contributed by atoms with Crippen LogP contribution in [0.3, 0.4) is 0 Å². The first-order valence-corrected chi connectivity index (χ1v) is 13.3. The Hall–Kier alpha value is -4.14. The van der Waals surface area contributed by atoms with E-state index in [4.69, 9.17) is 28.7 Å². The number of rotatable bonds is 9. The number of Topliss-reactive ketones (excluding diaryl/α,β-unsaturated/α-hetero) is 1. The molecule has 1 aliphatic heterocycles. The molecule has 1 heterocycles. The van der Waals surface area contributed by atoms with Gasteiger partial charge in [-0.1, -0.05) is 18.2 Å². The van der Waals surface area contributed by atoms with Gasteiger partial charge in [0, 0.05) is 28.8 Å². The van der Waals surface area contributed by atoms with Crippen molar-refractivity contribution >= 4 is 23.4 Å². The second kappa shape index (κ2) is 12.4. The van der Waals surface area contributed by atoms with Crippen LogP contribution in [0.5, 0.6) is 17.2 Å². The van der Waals surface area contributed by atoms with Crippen LogP contribution in [-0.4, -0.2) is 58.0 Å². The lowest BCUT2D eigenvalue weighted by atomic mass is 9.62. The van der Waals surface area contributed by atoms with Crippen LogP contribution in [0.25, 0.3) is 0 Å². The molecule has 0 radical (unpaired) electrons. The molecular weight excluding hydrogens is 514 g/mol. The van der Waals surface area contributed by atoms with Crippen LogP contribution in [0.2, 0.25) is 0 Å². The van der Waals surface area contributed by atoms with Crippen LogP contribution in [0, 0.1) is 11.8 Å². The molecule has 1 fully saturated rings. The maximum atomic E-state index is 14.6. The van der Waals surface area contributed by atoms with Crippen molar-refractivity contribution in [3.8, 4) is 17.2 Å². The average molecular weight is 550 g/mol. The zero-order chi connectivity index (χ0) is 29.0. The summed E-state index contributed by atoms with van der Waals surface area (Å²) in [6.45, 7) is 5.41. The SMILES string of the molecule is CCOC(=O)C1=C(C)N=C2C[C@@H](c3ccccc3OC)[C@@H](C(=O)OCC)C(=O)C2[C@@H]1c1cc(OC)ccc1OC. The molecule has 2 aromatic rings. The van der Waals surface area contributed by atoms with E-state index in [0.717, 1.165) is 0 Å². The molecule has 212 valence electrons. The zero-order valence-electron chi connectivity index (χ0n) is 23.7. The van der Waals surface area contributed by atoms with Crippen molar-refractivity contribution in [1.29, 1.82) is 0 Å². The summed E-state index contributed by atoms with van der Waals surface area (Å²) < 4.78 is 27.6. The number of benzene rings is 2. The van der Waals surface area contributed by atoms with Gasteiger partial charge in [0.2, 0.25) is 0 Å². The minimum absolute atomic E-state index is 0.118. The van der Waals surface area contributed by atoms with E-state index < -0.39 is 35.6 Å². The minimum Gasteiger partial charge on any atom is -0.497 e. The van der Waals surface area contributed by atoms with E-state index in [-0.39, 0.29) is 31.0 Å². The third-order valence-corrected chi connectivity index (χ3v) is 7.50. The fourth-order valence-corrected chi connectivity index (χ4v) is 5.84. The fraction of sp³-hybridized carbons (Fsp3) is 0.419. The van der Waals surface area contributed by atoms with E-state index in [1.165, 1.54) is 14.2 Å². The van der Waals surface area contributed by atoms with Gasteiger partial charge in [0.1, 0.15) is 23.2 Å². The van der Waals surface area contributed by atoms with Gasteiger partial charge in [0.05, 0.1) is 46.0 Å². The van der Waals surface area contributed by atoms with Gasteiger partial charge in [-0.2, -0.15) is 0 Å². The number of esters is 2. The van der Waals surface area contributed by atoms with Crippen LogP contribution < -0.4 is 14.2 Å². The Balaban J connectivity index is 1.97. The van der Waals surface area contributed by atoms with Crippen molar-refractivity contribution < 1.29 is 38.1 Å². The monoisotopic (exact) mass is 549 g/mol. The molecule has 1 unspecified atom stereocenters. The van der Waals surface area contributed by atoms with Gasteiger partial charge in [-0.05, 0) is 57.0 Å². The standard InChI is InChI=1S/C31H35NO8/c1-7-39-30(34)25-17(3)32-22-16-20(19-11-9-10-12-23(19)37-5)27(31(35)40-8-2)29(33)28(22)26(25)21-15-18(36-4)13-14-24(21)38-6/h9-15,20,26-28H,7-8,16H2,1-6H3/t20-,26+,27+,28?/m0/s1. The van der Waals surface area contributed by atoms with Crippen molar-refractivity contribution in [3.05, 3.63) is 64.9 Å². The molecule has 0 bridgehead atoms. The number of ether oxygens (including phenoxy) is 5. The Kier molecular flexibility index (Phi) is 8.92. The van der Waals surface area contributed by atoms with Crippen molar-refractivity contribution in [1.82, 2.24) is 0 Å². The summed E-state index contributed by atoms with van der Waals surface area (Å²) in [6.07, 6.45) is 0.288. The van der Waals surface area contributed by atoms with Gasteiger partial charge >= 0.3 is 11.9 Å². The minimum atomic E-state index is -1.14. The Morgan fingerprint density at radius 1 is 0.875 bits per heavy atom. The van der Waals surface area contributed by atoms with Crippen molar-refractivity contribution in [2.45, 2.75) is 39.0 Å². The van der Waals surface area contributed by atoms with Crippen molar-refractivity contribution in [2.75, 3.05) is 34.5 Å². The van der Waals surface area contributed by atoms with Gasteiger partial charge in [0.15, 0.2) is 5.78 Å². The number of methoxy groups -OCH3 is 3. The van der Waals surface area contributed by atoms with Crippen LogP contribution in [0.15, 0.2) is 58.7 Å². The molecule has 0 spiro atoms. The Morgan fingerprint density at radius 2 is 1.55 bits per heavy atom. The maximum Gasteiger partial charge on any atom is 0.336 e. The molecule has 0 N–H and O–H groups in total. The Bertz CT molecular complexity index is 1360. The van der Waals surface area contributed by atoms with Crippen LogP contribution in [0.1, 0.15) is 50.2 Å². The molecule has 0 amide bonds. The lowest BCUT2D eigenvalue weighted by Crippen LogP contribution is -2.49. The highest BCUT2D eigenvalue weighted by Gasteiger charge is 2.54. The number of hydrogen-bond donors (Lipinski definition) is 0. The number of aliphatic imine (C=N–C) groups is 1. The van der Waals surface area contributed by atoms with Gasteiger partial charge in [-0.15, -0.1) is 0 Å². The quantitative estimate of drug-likeness (QED) is 0.329. The third kappa shape index (κ3) is 5.20. The van der Waals surface area contributed by atoms with Gasteiger partial charge < -0.3 is 23.7 Å². The summed E-state index contributed by atoms with van der Waals surface area (Å²) in [4.78, 5) is 46.2. The molecule has 2 aliphatic rings. The Morgan fingerprint density at radius 3 is 2.20 bits per heavy atom. The average Bonchev–Trinajstić information content (AvgIpc) is 2.96. The number of ketones is 1. The predicted molar refractivity (Wildman–Crippen MR) is 148 cm³/mol. The largest absolute Gasteiger partial charge is 0.497 e. The highest BCUT2D eigenvalue weighted by atomic mass is 16.5. The van der Waals surface area contributed by atoms with Gasteiger partial charge in [-0.25, -0.2) is 4.79 Å². The predicted octanol–water partition coefficient (Wildman–Crippen LogP) is 4.64. The van der Waals surface area contributed by atoms with Crippen LogP contribution in [-0.2, 0) is 23.9 Å². The molecule has 2 aromatic carbocycles. The van der Waals surface area contributed by atoms with Gasteiger partial charge in [-0.3, -0.25) is 14.6 Å². The van der Waals surface area contributed by atoms with E-state index in [1.54, 1.807) is 52.1 Å². The first-order chi connectivity index (χ1) is 19.3. The molecule has 9 nitrogen and oxygen atoms in total. The topological polar surface area (TPSA) is 110 Å². The van der Waals surface area contributed by atoms with E-state index in [1.807, 2.05) is 18.2 Å². The molecule has 1 aliphatic carbocycles. The number of para-hydroxylation sites is 1. The molecule has 0 saturated heterocycles. The second-order valence-corrected chi connectivity index (χ2v) is 9.57. The van der Waals surface area contributed by atoms with Crippen LogP contribution in [0.4, 0.5) is 0 Å². The lowest BCUT2D eigenvalue weighted by molar-refractivity contribution is -0.153. The number of allylic oxidation sites excluding steroid dienone is 1. The Labute approximate surface area is 234 Å². The summed E-state index contributed by atoms with van der Waals surface area (Å²) in [5, 5.41) is 0. The molecule has 0 aromatic heterocycles. The number of hydrogen-bond acceptors (Lipinski definition) is 9.